The molecular formula is C27H31FN4O2. The summed E-state index contributed by atoms with van der Waals surface area (Å²) < 4.78 is 15.3. The highest BCUT2D eigenvalue weighted by atomic mass is 19.1. The second kappa shape index (κ2) is 9.66. The number of nitrogens with one attached hydrogen (secondary N) is 1. The molecular weight excluding hydrogens is 431 g/mol. The van der Waals surface area contributed by atoms with Gasteiger partial charge in [0.1, 0.15) is 11.5 Å². The number of aryl methyl sites for hydroxylation is 2. The highest BCUT2D eigenvalue weighted by Gasteiger charge is 2.46. The molecule has 34 heavy (non-hydrogen) atoms. The van der Waals surface area contributed by atoms with E-state index < -0.39 is 11.6 Å². The van der Waals surface area contributed by atoms with Crippen molar-refractivity contribution in [2.45, 2.75) is 56.7 Å². The van der Waals surface area contributed by atoms with E-state index in [1.54, 1.807) is 6.20 Å². The van der Waals surface area contributed by atoms with E-state index >= 15 is 4.39 Å². The number of para-hydroxylation sites is 1. The van der Waals surface area contributed by atoms with Crippen LogP contribution in [0.25, 0.3) is 10.9 Å². The zero-order chi connectivity index (χ0) is 23.5. The first-order valence-electron chi connectivity index (χ1n) is 12.2. The SMILES string of the molecule is O=C(O)CC(c1cnc2ccccc2c1)N1CC(F)(CCCCc2ccc3c(n2)NCCC3)C1. The van der Waals surface area contributed by atoms with Crippen LogP contribution < -0.4 is 5.32 Å². The minimum atomic E-state index is -1.26. The van der Waals surface area contributed by atoms with Crippen molar-refractivity contribution in [1.82, 2.24) is 14.9 Å². The van der Waals surface area contributed by atoms with Crippen molar-refractivity contribution >= 4 is 22.7 Å². The zero-order valence-electron chi connectivity index (χ0n) is 19.3. The Hall–Kier alpha value is -3.06. The van der Waals surface area contributed by atoms with Gasteiger partial charge in [0.15, 0.2) is 0 Å². The molecule has 1 aromatic carbocycles. The van der Waals surface area contributed by atoms with Crippen LogP contribution in [-0.2, 0) is 17.6 Å². The monoisotopic (exact) mass is 462 g/mol. The number of carboxylic acids is 1. The summed E-state index contributed by atoms with van der Waals surface area (Å²) in [5.41, 5.74) is 2.78. The van der Waals surface area contributed by atoms with Crippen molar-refractivity contribution in [3.63, 3.8) is 0 Å². The lowest BCUT2D eigenvalue weighted by atomic mass is 9.86. The maximum absolute atomic E-state index is 15.3. The number of hydrogen-bond acceptors (Lipinski definition) is 5. The van der Waals surface area contributed by atoms with Crippen LogP contribution in [0.3, 0.4) is 0 Å². The third-order valence-corrected chi connectivity index (χ3v) is 7.04. The number of carboxylic acid groups (broad SMARTS) is 1. The van der Waals surface area contributed by atoms with Crippen molar-refractivity contribution in [2.24, 2.45) is 0 Å². The Bertz CT molecular complexity index is 1180. The van der Waals surface area contributed by atoms with E-state index in [1.807, 2.05) is 35.2 Å². The first kappa shape index (κ1) is 22.7. The first-order chi connectivity index (χ1) is 16.5. The van der Waals surface area contributed by atoms with Gasteiger partial charge in [0.05, 0.1) is 11.9 Å². The molecule has 0 bridgehead atoms. The Kier molecular flexibility index (Phi) is 6.46. The van der Waals surface area contributed by atoms with Gasteiger partial charge in [-0.2, -0.15) is 0 Å². The van der Waals surface area contributed by atoms with Crippen LogP contribution in [0, 0.1) is 0 Å². The molecule has 6 nitrogen and oxygen atoms in total. The largest absolute Gasteiger partial charge is 0.481 e. The highest BCUT2D eigenvalue weighted by molar-refractivity contribution is 5.79. The number of aromatic nitrogens is 2. The minimum absolute atomic E-state index is 0.0614. The fraction of sp³-hybridized carbons (Fsp3) is 0.444. The molecule has 0 aliphatic carbocycles. The number of aliphatic carboxylic acids is 1. The van der Waals surface area contributed by atoms with Crippen molar-refractivity contribution in [3.8, 4) is 0 Å². The number of likely N-dealkylation sites (tertiary alicyclic amines) is 1. The number of unbranched alkanes of at least 4 members (excludes halogenated alkanes) is 1. The third kappa shape index (κ3) is 5.04. The molecule has 0 spiro atoms. The smallest absolute Gasteiger partial charge is 0.305 e. The van der Waals surface area contributed by atoms with E-state index in [0.717, 1.165) is 66.6 Å². The Labute approximate surface area is 199 Å². The molecule has 0 saturated carbocycles. The average Bonchev–Trinajstić information content (AvgIpc) is 2.83. The van der Waals surface area contributed by atoms with Crippen molar-refractivity contribution in [1.29, 1.82) is 0 Å². The molecule has 3 aromatic rings. The van der Waals surface area contributed by atoms with Gasteiger partial charge in [0.25, 0.3) is 0 Å². The Morgan fingerprint density at radius 2 is 2.06 bits per heavy atom. The summed E-state index contributed by atoms with van der Waals surface area (Å²) >= 11 is 0. The molecule has 2 aliphatic rings. The number of alkyl halides is 1. The van der Waals surface area contributed by atoms with Crippen LogP contribution in [0.5, 0.6) is 0 Å². The van der Waals surface area contributed by atoms with Crippen molar-refractivity contribution < 1.29 is 14.3 Å². The number of halogens is 1. The summed E-state index contributed by atoms with van der Waals surface area (Å²) in [6.45, 7) is 1.50. The molecule has 0 radical (unpaired) electrons. The number of pyridine rings is 2. The topological polar surface area (TPSA) is 78.3 Å². The van der Waals surface area contributed by atoms with Gasteiger partial charge in [-0.1, -0.05) is 24.3 Å². The molecule has 2 aromatic heterocycles. The highest BCUT2D eigenvalue weighted by Crippen LogP contribution is 2.39. The number of carbonyl (C=O) groups is 1. The standard InChI is InChI=1S/C27H31FN4O2/c28-27(12-4-3-8-22-11-10-19-7-5-13-29-26(19)31-22)17-32(18-27)24(15-25(33)34)21-14-20-6-1-2-9-23(20)30-16-21/h1-2,6,9-11,14,16,24H,3-5,7-8,12-13,15,17-18H2,(H,29,31)(H,33,34). The predicted molar refractivity (Wildman–Crippen MR) is 131 cm³/mol. The van der Waals surface area contributed by atoms with E-state index in [2.05, 4.69) is 22.4 Å². The Morgan fingerprint density at radius 3 is 2.91 bits per heavy atom. The normalized spacial score (nSPS) is 18.0. The zero-order valence-corrected chi connectivity index (χ0v) is 19.3. The average molecular weight is 463 g/mol. The molecule has 4 heterocycles. The molecule has 7 heteroatoms. The number of hydrogen-bond donors (Lipinski definition) is 2. The summed E-state index contributed by atoms with van der Waals surface area (Å²) in [6, 6.07) is 13.6. The lowest BCUT2D eigenvalue weighted by Gasteiger charge is -2.48. The minimum Gasteiger partial charge on any atom is -0.481 e. The number of benzene rings is 1. The molecule has 0 amide bonds. The fourth-order valence-electron chi connectivity index (χ4n) is 5.21. The molecule has 2 N–H and O–H groups in total. The van der Waals surface area contributed by atoms with Gasteiger partial charge in [-0.25, -0.2) is 9.37 Å². The lowest BCUT2D eigenvalue weighted by Crippen LogP contribution is -2.60. The van der Waals surface area contributed by atoms with Gasteiger partial charge in [-0.05, 0) is 67.9 Å². The van der Waals surface area contributed by atoms with Crippen LogP contribution in [0.4, 0.5) is 10.2 Å². The van der Waals surface area contributed by atoms with Crippen molar-refractivity contribution in [3.05, 3.63) is 65.5 Å². The van der Waals surface area contributed by atoms with E-state index in [-0.39, 0.29) is 25.6 Å². The van der Waals surface area contributed by atoms with Gasteiger partial charge in [-0.15, -0.1) is 0 Å². The van der Waals surface area contributed by atoms with E-state index in [1.165, 1.54) is 5.56 Å². The molecule has 2 aliphatic heterocycles. The van der Waals surface area contributed by atoms with Crippen LogP contribution in [0.15, 0.2) is 48.7 Å². The number of anilines is 1. The van der Waals surface area contributed by atoms with Crippen LogP contribution in [-0.4, -0.2) is 51.2 Å². The maximum Gasteiger partial charge on any atom is 0.305 e. The second-order valence-electron chi connectivity index (χ2n) is 9.68. The summed E-state index contributed by atoms with van der Waals surface area (Å²) in [5, 5.41) is 13.8. The molecule has 1 fully saturated rings. The van der Waals surface area contributed by atoms with Gasteiger partial charge in [-0.3, -0.25) is 14.7 Å². The molecule has 5 rings (SSSR count). The summed E-state index contributed by atoms with van der Waals surface area (Å²) in [4.78, 5) is 22.7. The first-order valence-corrected chi connectivity index (χ1v) is 12.2. The van der Waals surface area contributed by atoms with E-state index in [0.29, 0.717) is 6.42 Å². The van der Waals surface area contributed by atoms with E-state index in [9.17, 15) is 9.90 Å². The lowest BCUT2D eigenvalue weighted by molar-refractivity contribution is -0.141. The van der Waals surface area contributed by atoms with Crippen LogP contribution >= 0.6 is 0 Å². The number of fused-ring (bicyclic) bond motifs is 2. The quantitative estimate of drug-likeness (QED) is 0.439. The van der Waals surface area contributed by atoms with Gasteiger partial charge < -0.3 is 10.4 Å². The summed E-state index contributed by atoms with van der Waals surface area (Å²) in [6.07, 6.45) is 6.91. The summed E-state index contributed by atoms with van der Waals surface area (Å²) in [5.74, 6) is 0.120. The Morgan fingerprint density at radius 1 is 1.21 bits per heavy atom. The van der Waals surface area contributed by atoms with Gasteiger partial charge in [0, 0.05) is 43.0 Å². The fourth-order valence-corrected chi connectivity index (χ4v) is 5.21. The summed E-state index contributed by atoms with van der Waals surface area (Å²) in [7, 11) is 0. The molecule has 1 atom stereocenters. The molecule has 178 valence electrons. The van der Waals surface area contributed by atoms with Crippen LogP contribution in [0.1, 0.15) is 55.0 Å². The Balaban J connectivity index is 1.15. The molecule has 1 unspecified atom stereocenters. The van der Waals surface area contributed by atoms with Crippen LogP contribution in [0.2, 0.25) is 0 Å². The second-order valence-corrected chi connectivity index (χ2v) is 9.68. The van der Waals surface area contributed by atoms with E-state index in [4.69, 9.17) is 4.98 Å². The third-order valence-electron chi connectivity index (χ3n) is 7.04. The number of rotatable bonds is 9. The maximum atomic E-state index is 15.3. The predicted octanol–water partition coefficient (Wildman–Crippen LogP) is 4.94. The number of nitrogens with zero attached hydrogens (tertiary/aromatic N) is 3. The van der Waals surface area contributed by atoms with Gasteiger partial charge in [0.2, 0.25) is 0 Å². The van der Waals surface area contributed by atoms with Crippen molar-refractivity contribution in [2.75, 3.05) is 25.0 Å². The molecule has 1 saturated heterocycles. The van der Waals surface area contributed by atoms with Gasteiger partial charge >= 0.3 is 5.97 Å².